The van der Waals surface area contributed by atoms with Gasteiger partial charge in [-0.3, -0.25) is 0 Å². The van der Waals surface area contributed by atoms with Gasteiger partial charge in [-0.1, -0.05) is 12.1 Å². The standard InChI is InChI=1S/C15H15N3O2S/c1-18(12-6-3-5-11(9-12)10-16)13-7-4-8-14(15(13)17)21(2,19)20/h3-9H,17H2,1-2H3. The molecule has 0 aliphatic carbocycles. The van der Waals surface area contributed by atoms with Crippen LogP contribution in [0.2, 0.25) is 0 Å². The second-order valence-corrected chi connectivity index (χ2v) is 6.67. The Morgan fingerprint density at radius 2 is 1.86 bits per heavy atom. The van der Waals surface area contributed by atoms with Gasteiger partial charge in [-0.2, -0.15) is 5.26 Å². The molecule has 0 unspecified atom stereocenters. The van der Waals surface area contributed by atoms with Gasteiger partial charge in [0.05, 0.1) is 27.9 Å². The lowest BCUT2D eigenvalue weighted by molar-refractivity contribution is 0.602. The molecule has 0 radical (unpaired) electrons. The van der Waals surface area contributed by atoms with Gasteiger partial charge in [-0.15, -0.1) is 0 Å². The average Bonchev–Trinajstić information content (AvgIpc) is 2.45. The third kappa shape index (κ3) is 2.98. The van der Waals surface area contributed by atoms with Crippen molar-refractivity contribution in [1.82, 2.24) is 0 Å². The quantitative estimate of drug-likeness (QED) is 0.879. The average molecular weight is 301 g/mol. The molecule has 0 aromatic heterocycles. The zero-order valence-electron chi connectivity index (χ0n) is 11.7. The van der Waals surface area contributed by atoms with Crippen molar-refractivity contribution in [3.63, 3.8) is 0 Å². The van der Waals surface area contributed by atoms with Crippen molar-refractivity contribution >= 4 is 26.9 Å². The number of rotatable bonds is 3. The summed E-state index contributed by atoms with van der Waals surface area (Å²) >= 11 is 0. The van der Waals surface area contributed by atoms with Crippen molar-refractivity contribution in [2.24, 2.45) is 0 Å². The van der Waals surface area contributed by atoms with Gasteiger partial charge in [0, 0.05) is 19.0 Å². The molecule has 0 aliphatic rings. The van der Waals surface area contributed by atoms with Gasteiger partial charge in [0.15, 0.2) is 9.84 Å². The number of nitrogen functional groups attached to an aromatic ring is 1. The number of anilines is 3. The highest BCUT2D eigenvalue weighted by molar-refractivity contribution is 7.90. The molecule has 5 nitrogen and oxygen atoms in total. The van der Waals surface area contributed by atoms with Crippen LogP contribution in [0.1, 0.15) is 5.56 Å². The Bertz CT molecular complexity index is 823. The largest absolute Gasteiger partial charge is 0.396 e. The van der Waals surface area contributed by atoms with Crippen LogP contribution < -0.4 is 10.6 Å². The molecule has 0 amide bonds. The number of benzene rings is 2. The second kappa shape index (κ2) is 5.46. The van der Waals surface area contributed by atoms with Gasteiger partial charge in [0.25, 0.3) is 0 Å². The lowest BCUT2D eigenvalue weighted by Crippen LogP contribution is -2.14. The monoisotopic (exact) mass is 301 g/mol. The van der Waals surface area contributed by atoms with Crippen molar-refractivity contribution in [1.29, 1.82) is 5.26 Å². The number of nitriles is 1. The zero-order chi connectivity index (χ0) is 15.6. The van der Waals surface area contributed by atoms with E-state index in [9.17, 15) is 8.42 Å². The molecule has 0 saturated heterocycles. The maximum atomic E-state index is 11.7. The van der Waals surface area contributed by atoms with Crippen molar-refractivity contribution < 1.29 is 8.42 Å². The number of nitrogens with zero attached hydrogens (tertiary/aromatic N) is 2. The lowest BCUT2D eigenvalue weighted by atomic mass is 10.2. The van der Waals surface area contributed by atoms with E-state index in [4.69, 9.17) is 11.0 Å². The Morgan fingerprint density at radius 3 is 2.48 bits per heavy atom. The summed E-state index contributed by atoms with van der Waals surface area (Å²) < 4.78 is 23.4. The molecule has 2 rings (SSSR count). The Morgan fingerprint density at radius 1 is 1.19 bits per heavy atom. The minimum atomic E-state index is -3.39. The summed E-state index contributed by atoms with van der Waals surface area (Å²) in [4.78, 5) is 1.86. The molecule has 2 aromatic rings. The normalized spacial score (nSPS) is 10.9. The molecule has 0 fully saturated rings. The van der Waals surface area contributed by atoms with Crippen LogP contribution in [0.5, 0.6) is 0 Å². The fourth-order valence-electron chi connectivity index (χ4n) is 2.07. The van der Waals surface area contributed by atoms with E-state index in [0.717, 1.165) is 11.9 Å². The summed E-state index contributed by atoms with van der Waals surface area (Å²) in [6.07, 6.45) is 1.12. The van der Waals surface area contributed by atoms with Crippen LogP contribution in [-0.2, 0) is 9.84 Å². The fourth-order valence-corrected chi connectivity index (χ4v) is 2.90. The van der Waals surface area contributed by atoms with Gasteiger partial charge < -0.3 is 10.6 Å². The fraction of sp³-hybridized carbons (Fsp3) is 0.133. The molecular formula is C15H15N3O2S. The van der Waals surface area contributed by atoms with Crippen molar-refractivity contribution in [2.45, 2.75) is 4.90 Å². The minimum absolute atomic E-state index is 0.100. The van der Waals surface area contributed by atoms with Crippen molar-refractivity contribution in [3.8, 4) is 6.07 Å². The van der Waals surface area contributed by atoms with Gasteiger partial charge in [0.1, 0.15) is 0 Å². The lowest BCUT2D eigenvalue weighted by Gasteiger charge is -2.22. The first kappa shape index (κ1) is 14.9. The van der Waals surface area contributed by atoms with Crippen LogP contribution in [0.3, 0.4) is 0 Å². The van der Waals surface area contributed by atoms with Crippen LogP contribution in [0.4, 0.5) is 17.1 Å². The van der Waals surface area contributed by atoms with Gasteiger partial charge in [0.2, 0.25) is 0 Å². The van der Waals surface area contributed by atoms with E-state index in [0.29, 0.717) is 11.3 Å². The smallest absolute Gasteiger partial charge is 0.177 e. The maximum Gasteiger partial charge on any atom is 0.177 e. The van der Waals surface area contributed by atoms with Gasteiger partial charge in [-0.25, -0.2) is 8.42 Å². The highest BCUT2D eigenvalue weighted by Gasteiger charge is 2.17. The van der Waals surface area contributed by atoms with E-state index in [1.807, 2.05) is 6.07 Å². The highest BCUT2D eigenvalue weighted by atomic mass is 32.2. The van der Waals surface area contributed by atoms with E-state index in [-0.39, 0.29) is 10.6 Å². The van der Waals surface area contributed by atoms with E-state index in [1.165, 1.54) is 6.07 Å². The molecule has 6 heteroatoms. The Labute approximate surface area is 124 Å². The molecule has 108 valence electrons. The number of para-hydroxylation sites is 1. The summed E-state index contributed by atoms with van der Waals surface area (Å²) in [6.45, 7) is 0. The number of hydrogen-bond donors (Lipinski definition) is 1. The summed E-state index contributed by atoms with van der Waals surface area (Å²) in [7, 11) is -1.62. The third-order valence-corrected chi connectivity index (χ3v) is 4.32. The summed E-state index contributed by atoms with van der Waals surface area (Å²) in [5, 5.41) is 8.95. The van der Waals surface area contributed by atoms with Crippen LogP contribution in [0.15, 0.2) is 47.4 Å². The second-order valence-electron chi connectivity index (χ2n) is 4.68. The first-order valence-electron chi connectivity index (χ1n) is 6.17. The first-order valence-corrected chi connectivity index (χ1v) is 8.06. The highest BCUT2D eigenvalue weighted by Crippen LogP contribution is 2.33. The van der Waals surface area contributed by atoms with Crippen LogP contribution in [-0.4, -0.2) is 21.7 Å². The Hall–Kier alpha value is -2.52. The topological polar surface area (TPSA) is 87.2 Å². The van der Waals surface area contributed by atoms with Gasteiger partial charge >= 0.3 is 0 Å². The van der Waals surface area contributed by atoms with E-state index in [2.05, 4.69) is 6.07 Å². The zero-order valence-corrected chi connectivity index (χ0v) is 12.6. The number of nitrogens with two attached hydrogens (primary N) is 1. The Balaban J connectivity index is 2.54. The Kier molecular flexibility index (Phi) is 3.87. The predicted molar refractivity (Wildman–Crippen MR) is 83.2 cm³/mol. The van der Waals surface area contributed by atoms with E-state index in [1.54, 1.807) is 42.3 Å². The molecule has 0 spiro atoms. The summed E-state index contributed by atoms with van der Waals surface area (Å²) in [5.74, 6) is 0. The molecule has 0 heterocycles. The molecule has 0 aliphatic heterocycles. The molecular weight excluding hydrogens is 286 g/mol. The molecule has 21 heavy (non-hydrogen) atoms. The van der Waals surface area contributed by atoms with Crippen molar-refractivity contribution in [3.05, 3.63) is 48.0 Å². The van der Waals surface area contributed by atoms with E-state index < -0.39 is 9.84 Å². The summed E-state index contributed by atoms with van der Waals surface area (Å²) in [5.41, 5.74) is 8.05. The van der Waals surface area contributed by atoms with Crippen molar-refractivity contribution in [2.75, 3.05) is 23.9 Å². The summed E-state index contributed by atoms with van der Waals surface area (Å²) in [6, 6.07) is 13.9. The van der Waals surface area contributed by atoms with E-state index >= 15 is 0 Å². The molecule has 2 N–H and O–H groups in total. The number of hydrogen-bond acceptors (Lipinski definition) is 5. The molecule has 0 saturated carbocycles. The molecule has 0 atom stereocenters. The first-order chi connectivity index (χ1) is 9.84. The van der Waals surface area contributed by atoms with Crippen LogP contribution in [0.25, 0.3) is 0 Å². The predicted octanol–water partition coefficient (Wildman–Crippen LogP) is 2.31. The maximum absolute atomic E-state index is 11.7. The molecule has 2 aromatic carbocycles. The SMILES string of the molecule is CN(c1cccc(C#N)c1)c1cccc(S(C)(=O)=O)c1N. The van der Waals surface area contributed by atoms with Gasteiger partial charge in [-0.05, 0) is 30.3 Å². The van der Waals surface area contributed by atoms with Crippen LogP contribution in [0, 0.1) is 11.3 Å². The number of sulfone groups is 1. The molecule has 0 bridgehead atoms. The van der Waals surface area contributed by atoms with Crippen LogP contribution >= 0.6 is 0 Å². The minimum Gasteiger partial charge on any atom is -0.396 e. The third-order valence-electron chi connectivity index (χ3n) is 3.17.